The van der Waals surface area contributed by atoms with Gasteiger partial charge in [-0.15, -0.1) is 0 Å². The van der Waals surface area contributed by atoms with Crippen molar-refractivity contribution in [1.82, 2.24) is 4.31 Å². The first-order valence-corrected chi connectivity index (χ1v) is 6.21. The number of hydrogen-bond donors (Lipinski definition) is 2. The second kappa shape index (κ2) is 4.31. The fourth-order valence-electron chi connectivity index (χ4n) is 1.16. The molecule has 0 atom stereocenters. The van der Waals surface area contributed by atoms with Crippen molar-refractivity contribution >= 4 is 10.0 Å². The van der Waals surface area contributed by atoms with E-state index in [4.69, 9.17) is 5.11 Å². The summed E-state index contributed by atoms with van der Waals surface area (Å²) in [6.45, 7) is 3.46. The van der Waals surface area contributed by atoms with Gasteiger partial charge in [-0.3, -0.25) is 0 Å². The van der Waals surface area contributed by atoms with Crippen LogP contribution in [0.3, 0.4) is 0 Å². The lowest BCUT2D eigenvalue weighted by Gasteiger charge is -2.21. The summed E-state index contributed by atoms with van der Waals surface area (Å²) in [6.07, 6.45) is 0. The molecule has 0 bridgehead atoms. The summed E-state index contributed by atoms with van der Waals surface area (Å²) in [6, 6.07) is 3.19. The Morgan fingerprint density at radius 3 is 2.25 bits per heavy atom. The van der Waals surface area contributed by atoms with Crippen LogP contribution in [0.2, 0.25) is 0 Å². The monoisotopic (exact) mass is 245 g/mol. The Balaban J connectivity index is 3.28. The number of sulfonamides is 1. The first-order chi connectivity index (χ1) is 7.26. The lowest BCUT2D eigenvalue weighted by Crippen LogP contribution is -2.33. The first-order valence-electron chi connectivity index (χ1n) is 4.77. The van der Waals surface area contributed by atoms with Crippen molar-refractivity contribution in [3.8, 4) is 11.5 Å². The van der Waals surface area contributed by atoms with Crippen LogP contribution in [0.1, 0.15) is 13.8 Å². The van der Waals surface area contributed by atoms with Gasteiger partial charge in [0.25, 0.3) is 0 Å². The maximum absolute atomic E-state index is 12.0. The van der Waals surface area contributed by atoms with Crippen LogP contribution in [0.25, 0.3) is 0 Å². The molecule has 16 heavy (non-hydrogen) atoms. The molecule has 0 aliphatic rings. The number of rotatable bonds is 3. The summed E-state index contributed by atoms with van der Waals surface area (Å²) in [5.41, 5.74) is 0. The van der Waals surface area contributed by atoms with Crippen LogP contribution in [0.5, 0.6) is 11.5 Å². The van der Waals surface area contributed by atoms with Crippen molar-refractivity contribution in [2.24, 2.45) is 0 Å². The van der Waals surface area contributed by atoms with Gasteiger partial charge in [0.1, 0.15) is 16.4 Å². The van der Waals surface area contributed by atoms with Gasteiger partial charge >= 0.3 is 0 Å². The molecule has 1 rings (SSSR count). The van der Waals surface area contributed by atoms with Crippen molar-refractivity contribution < 1.29 is 18.6 Å². The van der Waals surface area contributed by atoms with Gasteiger partial charge in [0.15, 0.2) is 0 Å². The smallest absolute Gasteiger partial charge is 0.246 e. The summed E-state index contributed by atoms with van der Waals surface area (Å²) in [4.78, 5) is -0.207. The number of aromatic hydroxyl groups is 2. The number of phenols is 2. The molecule has 0 amide bonds. The summed E-state index contributed by atoms with van der Waals surface area (Å²) >= 11 is 0. The molecule has 6 heteroatoms. The molecule has 90 valence electrons. The Labute approximate surface area is 95.0 Å². The van der Waals surface area contributed by atoms with Gasteiger partial charge in [-0.05, 0) is 26.0 Å². The lowest BCUT2D eigenvalue weighted by molar-refractivity contribution is 0.401. The summed E-state index contributed by atoms with van der Waals surface area (Å²) < 4.78 is 25.1. The predicted molar refractivity (Wildman–Crippen MR) is 59.9 cm³/mol. The number of phenolic OH excluding ortho intramolecular Hbond substituents is 2. The minimum atomic E-state index is -3.71. The third-order valence-corrected chi connectivity index (χ3v) is 4.41. The molecule has 0 aliphatic carbocycles. The van der Waals surface area contributed by atoms with E-state index in [0.717, 1.165) is 10.4 Å². The van der Waals surface area contributed by atoms with Gasteiger partial charge in [-0.1, -0.05) is 0 Å². The van der Waals surface area contributed by atoms with Crippen molar-refractivity contribution in [2.45, 2.75) is 24.8 Å². The maximum atomic E-state index is 12.0. The molecule has 1 aromatic carbocycles. The van der Waals surface area contributed by atoms with Gasteiger partial charge in [0.2, 0.25) is 10.0 Å². The number of benzene rings is 1. The molecular formula is C10H15NO4S. The molecule has 0 fully saturated rings. The fourth-order valence-corrected chi connectivity index (χ4v) is 2.59. The molecular weight excluding hydrogens is 230 g/mol. The van der Waals surface area contributed by atoms with E-state index in [1.165, 1.54) is 19.2 Å². The Kier molecular flexibility index (Phi) is 3.44. The van der Waals surface area contributed by atoms with E-state index in [1.54, 1.807) is 13.8 Å². The highest BCUT2D eigenvalue weighted by atomic mass is 32.2. The minimum Gasteiger partial charge on any atom is -0.508 e. The van der Waals surface area contributed by atoms with Crippen LogP contribution >= 0.6 is 0 Å². The predicted octanol–water partition coefficient (Wildman–Crippen LogP) is 1.13. The van der Waals surface area contributed by atoms with E-state index in [2.05, 4.69) is 0 Å². The second-order valence-electron chi connectivity index (χ2n) is 3.77. The molecule has 0 aromatic heterocycles. The van der Waals surface area contributed by atoms with Crippen molar-refractivity contribution in [1.29, 1.82) is 0 Å². The van der Waals surface area contributed by atoms with E-state index in [0.29, 0.717) is 0 Å². The molecule has 2 N–H and O–H groups in total. The molecule has 0 saturated heterocycles. The SMILES string of the molecule is CC(C)N(C)S(=O)(=O)c1ccc(O)cc1O. The van der Waals surface area contributed by atoms with Crippen molar-refractivity contribution in [2.75, 3.05) is 7.05 Å². The van der Waals surface area contributed by atoms with E-state index < -0.39 is 15.8 Å². The normalized spacial score (nSPS) is 12.3. The zero-order valence-electron chi connectivity index (χ0n) is 9.38. The zero-order valence-corrected chi connectivity index (χ0v) is 10.2. The third-order valence-electron chi connectivity index (χ3n) is 2.33. The quantitative estimate of drug-likeness (QED) is 0.836. The molecule has 0 spiro atoms. The van der Waals surface area contributed by atoms with E-state index >= 15 is 0 Å². The van der Waals surface area contributed by atoms with E-state index in [-0.39, 0.29) is 16.7 Å². The van der Waals surface area contributed by atoms with Gasteiger partial charge in [-0.2, -0.15) is 4.31 Å². The maximum Gasteiger partial charge on any atom is 0.246 e. The topological polar surface area (TPSA) is 77.8 Å². The summed E-state index contributed by atoms with van der Waals surface area (Å²) in [5, 5.41) is 18.6. The minimum absolute atomic E-state index is 0.177. The van der Waals surface area contributed by atoms with E-state index in [1.807, 2.05) is 0 Å². The third kappa shape index (κ3) is 2.28. The Hall–Kier alpha value is -1.27. The van der Waals surface area contributed by atoms with Crippen LogP contribution in [0.15, 0.2) is 23.1 Å². The standard InChI is InChI=1S/C10H15NO4S/c1-7(2)11(3)16(14,15)10-5-4-8(12)6-9(10)13/h4-7,12-13H,1-3H3. The Bertz CT molecular complexity index is 482. The fraction of sp³-hybridized carbons (Fsp3) is 0.400. The van der Waals surface area contributed by atoms with Crippen molar-refractivity contribution in [3.05, 3.63) is 18.2 Å². The zero-order chi connectivity index (χ0) is 12.5. The average molecular weight is 245 g/mol. The number of hydrogen-bond acceptors (Lipinski definition) is 4. The van der Waals surface area contributed by atoms with Crippen LogP contribution in [-0.4, -0.2) is 36.0 Å². The molecule has 0 radical (unpaired) electrons. The van der Waals surface area contributed by atoms with Crippen LogP contribution < -0.4 is 0 Å². The highest BCUT2D eigenvalue weighted by Crippen LogP contribution is 2.29. The van der Waals surface area contributed by atoms with Crippen molar-refractivity contribution in [3.63, 3.8) is 0 Å². The summed E-state index contributed by atoms with van der Waals surface area (Å²) in [5.74, 6) is -0.629. The lowest BCUT2D eigenvalue weighted by atomic mass is 10.3. The Morgan fingerprint density at radius 2 is 1.81 bits per heavy atom. The Morgan fingerprint density at radius 1 is 1.25 bits per heavy atom. The molecule has 1 aromatic rings. The van der Waals surface area contributed by atoms with Gasteiger partial charge in [0, 0.05) is 19.2 Å². The van der Waals surface area contributed by atoms with Gasteiger partial charge in [0.05, 0.1) is 0 Å². The van der Waals surface area contributed by atoms with E-state index in [9.17, 15) is 13.5 Å². The molecule has 0 unspecified atom stereocenters. The van der Waals surface area contributed by atoms with Crippen LogP contribution in [0.4, 0.5) is 0 Å². The molecule has 0 saturated carbocycles. The molecule has 0 aliphatic heterocycles. The molecule has 0 heterocycles. The average Bonchev–Trinajstić information content (AvgIpc) is 2.15. The second-order valence-corrected chi connectivity index (χ2v) is 5.73. The number of nitrogens with zero attached hydrogens (tertiary/aromatic N) is 1. The highest BCUT2D eigenvalue weighted by molar-refractivity contribution is 7.89. The van der Waals surface area contributed by atoms with Crippen LogP contribution in [-0.2, 0) is 10.0 Å². The van der Waals surface area contributed by atoms with Gasteiger partial charge in [-0.25, -0.2) is 8.42 Å². The van der Waals surface area contributed by atoms with Crippen LogP contribution in [0, 0.1) is 0 Å². The largest absolute Gasteiger partial charge is 0.508 e. The molecule has 5 nitrogen and oxygen atoms in total. The highest BCUT2D eigenvalue weighted by Gasteiger charge is 2.26. The first kappa shape index (κ1) is 12.8. The van der Waals surface area contributed by atoms with Gasteiger partial charge < -0.3 is 10.2 Å². The summed E-state index contributed by atoms with van der Waals surface area (Å²) in [7, 11) is -2.28.